The minimum absolute atomic E-state index is 0.0942. The van der Waals surface area contributed by atoms with Gasteiger partial charge in [0.2, 0.25) is 5.91 Å². The molecule has 2 N–H and O–H groups in total. The molecule has 8 nitrogen and oxygen atoms in total. The van der Waals surface area contributed by atoms with E-state index < -0.39 is 0 Å². The monoisotopic (exact) mass is 392 g/mol. The molecule has 156 valence electrons. The summed E-state index contributed by atoms with van der Waals surface area (Å²) < 4.78 is 17.0. The number of hydrogen-bond acceptors (Lipinski definition) is 5. The average molecular weight is 393 g/mol. The molecular weight excluding hydrogens is 360 g/mol. The normalized spacial score (nSPS) is 21.5. The Bertz CT molecular complexity index is 606. The Kier molecular flexibility index (Phi) is 8.17. The zero-order valence-electron chi connectivity index (χ0n) is 16.7. The summed E-state index contributed by atoms with van der Waals surface area (Å²) in [4.78, 5) is 18.5. The van der Waals surface area contributed by atoms with Gasteiger partial charge in [-0.15, -0.1) is 0 Å². The smallest absolute Gasteiger partial charge is 0.239 e. The number of nitrogens with one attached hydrogen (secondary N) is 2. The molecule has 2 saturated heterocycles. The molecule has 2 aliphatic rings. The van der Waals surface area contributed by atoms with Crippen LogP contribution in [-0.2, 0) is 20.8 Å². The molecule has 3 rings (SSSR count). The highest BCUT2D eigenvalue weighted by Crippen LogP contribution is 2.17. The van der Waals surface area contributed by atoms with Gasteiger partial charge in [-0.25, -0.2) is 0 Å². The first-order valence-corrected chi connectivity index (χ1v) is 10.2. The van der Waals surface area contributed by atoms with Crippen LogP contribution in [0, 0.1) is 0 Å². The number of rotatable bonds is 7. The van der Waals surface area contributed by atoms with Crippen LogP contribution < -0.4 is 10.6 Å². The van der Waals surface area contributed by atoms with E-state index in [1.807, 2.05) is 6.07 Å². The van der Waals surface area contributed by atoms with E-state index in [2.05, 4.69) is 20.5 Å². The van der Waals surface area contributed by atoms with Gasteiger partial charge in [0.05, 0.1) is 38.2 Å². The number of furan rings is 1. The molecule has 2 aliphatic heterocycles. The van der Waals surface area contributed by atoms with Crippen molar-refractivity contribution in [3.63, 3.8) is 0 Å². The quantitative estimate of drug-likeness (QED) is 0.540. The number of guanidine groups is 1. The highest BCUT2D eigenvalue weighted by atomic mass is 16.5. The highest BCUT2D eigenvalue weighted by Gasteiger charge is 2.24. The van der Waals surface area contributed by atoms with Crippen molar-refractivity contribution in [3.8, 4) is 0 Å². The van der Waals surface area contributed by atoms with Gasteiger partial charge >= 0.3 is 0 Å². The Labute approximate surface area is 166 Å². The largest absolute Gasteiger partial charge is 0.467 e. The highest BCUT2D eigenvalue weighted by molar-refractivity contribution is 5.86. The van der Waals surface area contributed by atoms with Crippen molar-refractivity contribution in [1.29, 1.82) is 0 Å². The first kappa shape index (κ1) is 20.7. The van der Waals surface area contributed by atoms with E-state index in [0.29, 0.717) is 13.2 Å². The Morgan fingerprint density at radius 1 is 1.29 bits per heavy atom. The van der Waals surface area contributed by atoms with Crippen LogP contribution in [0.1, 0.15) is 37.9 Å². The Balaban J connectivity index is 1.32. The van der Waals surface area contributed by atoms with Gasteiger partial charge in [-0.05, 0) is 44.2 Å². The molecule has 0 spiro atoms. The lowest BCUT2D eigenvalue weighted by Gasteiger charge is -2.35. The number of aliphatic imine (C=N–C) groups is 1. The topological polar surface area (TPSA) is 88.3 Å². The number of amides is 1. The second kappa shape index (κ2) is 11.1. The van der Waals surface area contributed by atoms with Gasteiger partial charge in [0.25, 0.3) is 0 Å². The van der Waals surface area contributed by atoms with Crippen molar-refractivity contribution in [1.82, 2.24) is 15.5 Å². The molecule has 1 unspecified atom stereocenters. The van der Waals surface area contributed by atoms with Gasteiger partial charge in [-0.3, -0.25) is 9.79 Å². The van der Waals surface area contributed by atoms with Gasteiger partial charge in [-0.2, -0.15) is 0 Å². The summed E-state index contributed by atoms with van der Waals surface area (Å²) in [6, 6.07) is 3.64. The zero-order chi connectivity index (χ0) is 19.6. The third-order valence-electron chi connectivity index (χ3n) is 5.19. The maximum atomic E-state index is 12.0. The number of likely N-dealkylation sites (tertiary alicyclic amines) is 1. The fourth-order valence-corrected chi connectivity index (χ4v) is 3.57. The van der Waals surface area contributed by atoms with Crippen LogP contribution in [0.3, 0.4) is 0 Å². The fraction of sp³-hybridized carbons (Fsp3) is 0.700. The van der Waals surface area contributed by atoms with E-state index in [1.165, 1.54) is 12.8 Å². The van der Waals surface area contributed by atoms with Gasteiger partial charge < -0.3 is 29.4 Å². The lowest BCUT2D eigenvalue weighted by atomic mass is 10.1. The SMILES string of the molecule is CN=C(NCC(=O)NCc1ccco1)N1CCC(OCC2CCCCO2)CC1. The lowest BCUT2D eigenvalue weighted by molar-refractivity contribution is -0.120. The van der Waals surface area contributed by atoms with Gasteiger partial charge in [0.15, 0.2) is 5.96 Å². The van der Waals surface area contributed by atoms with Crippen LogP contribution in [0.2, 0.25) is 0 Å². The van der Waals surface area contributed by atoms with Crippen LogP contribution >= 0.6 is 0 Å². The molecule has 0 radical (unpaired) electrons. The zero-order valence-corrected chi connectivity index (χ0v) is 16.7. The van der Waals surface area contributed by atoms with Gasteiger partial charge in [0.1, 0.15) is 5.76 Å². The first-order chi connectivity index (χ1) is 13.7. The standard InChI is InChI=1S/C20H32N4O4/c1-21-20(23-14-19(25)22-13-17-6-4-12-26-17)24-9-7-16(8-10-24)28-15-18-5-2-3-11-27-18/h4,6,12,16,18H,2-3,5,7-11,13-15H2,1H3,(H,21,23)(H,22,25). The summed E-state index contributed by atoms with van der Waals surface area (Å²) >= 11 is 0. The predicted octanol–water partition coefficient (Wildman–Crippen LogP) is 1.52. The molecule has 8 heteroatoms. The number of hydrogen-bond donors (Lipinski definition) is 2. The summed E-state index contributed by atoms with van der Waals surface area (Å²) in [5.41, 5.74) is 0. The van der Waals surface area contributed by atoms with E-state index in [4.69, 9.17) is 13.9 Å². The third-order valence-corrected chi connectivity index (χ3v) is 5.19. The van der Waals surface area contributed by atoms with Crippen molar-refractivity contribution < 1.29 is 18.7 Å². The predicted molar refractivity (Wildman–Crippen MR) is 106 cm³/mol. The summed E-state index contributed by atoms with van der Waals surface area (Å²) in [5.74, 6) is 1.39. The second-order valence-electron chi connectivity index (χ2n) is 7.27. The molecule has 0 aromatic carbocycles. The van der Waals surface area contributed by atoms with Crippen molar-refractivity contribution in [2.45, 2.75) is 50.9 Å². The number of nitrogens with zero attached hydrogens (tertiary/aromatic N) is 2. The fourth-order valence-electron chi connectivity index (χ4n) is 3.57. The van der Waals surface area contributed by atoms with E-state index in [0.717, 1.165) is 50.7 Å². The number of carbonyl (C=O) groups is 1. The van der Waals surface area contributed by atoms with E-state index in [9.17, 15) is 4.79 Å². The van der Waals surface area contributed by atoms with E-state index in [-0.39, 0.29) is 24.7 Å². The molecule has 28 heavy (non-hydrogen) atoms. The van der Waals surface area contributed by atoms with E-state index >= 15 is 0 Å². The molecule has 1 aromatic rings. The van der Waals surface area contributed by atoms with Crippen LogP contribution in [0.25, 0.3) is 0 Å². The Morgan fingerprint density at radius 3 is 2.82 bits per heavy atom. The molecule has 0 aliphatic carbocycles. The maximum absolute atomic E-state index is 12.0. The summed E-state index contributed by atoms with van der Waals surface area (Å²) in [7, 11) is 1.74. The molecule has 1 atom stereocenters. The van der Waals surface area contributed by atoms with Crippen LogP contribution in [0.4, 0.5) is 0 Å². The summed E-state index contributed by atoms with van der Waals surface area (Å²) in [5, 5.41) is 5.96. The van der Waals surface area contributed by atoms with Crippen molar-refractivity contribution in [3.05, 3.63) is 24.2 Å². The molecule has 0 bridgehead atoms. The van der Waals surface area contributed by atoms with Crippen molar-refractivity contribution in [2.24, 2.45) is 4.99 Å². The van der Waals surface area contributed by atoms with Gasteiger partial charge in [0, 0.05) is 26.7 Å². The van der Waals surface area contributed by atoms with Gasteiger partial charge in [-0.1, -0.05) is 0 Å². The minimum Gasteiger partial charge on any atom is -0.467 e. The molecule has 3 heterocycles. The Hall–Kier alpha value is -2.06. The molecule has 2 fully saturated rings. The second-order valence-corrected chi connectivity index (χ2v) is 7.27. The summed E-state index contributed by atoms with van der Waals surface area (Å²) in [6.07, 6.45) is 7.56. The van der Waals surface area contributed by atoms with Crippen molar-refractivity contribution in [2.75, 3.05) is 39.9 Å². The van der Waals surface area contributed by atoms with Crippen LogP contribution in [-0.4, -0.2) is 68.9 Å². The van der Waals surface area contributed by atoms with E-state index in [1.54, 1.807) is 19.4 Å². The van der Waals surface area contributed by atoms with Crippen LogP contribution in [0.5, 0.6) is 0 Å². The first-order valence-electron chi connectivity index (χ1n) is 10.2. The summed E-state index contributed by atoms with van der Waals surface area (Å²) in [6.45, 7) is 3.87. The average Bonchev–Trinajstić information content (AvgIpc) is 3.26. The maximum Gasteiger partial charge on any atom is 0.239 e. The van der Waals surface area contributed by atoms with Crippen molar-refractivity contribution >= 4 is 11.9 Å². The molecule has 1 aromatic heterocycles. The van der Waals surface area contributed by atoms with Crippen LogP contribution in [0.15, 0.2) is 27.8 Å². The number of piperidine rings is 1. The molecular formula is C20H32N4O4. The molecule has 0 saturated carbocycles. The number of carbonyl (C=O) groups excluding carboxylic acids is 1. The molecule has 1 amide bonds. The number of ether oxygens (including phenoxy) is 2. The minimum atomic E-state index is -0.0942. The lowest BCUT2D eigenvalue weighted by Crippen LogP contribution is -2.49. The Morgan fingerprint density at radius 2 is 2.14 bits per heavy atom. The third kappa shape index (κ3) is 6.53.